The molecule has 0 unspecified atom stereocenters. The van der Waals surface area contributed by atoms with Crippen molar-refractivity contribution in [1.82, 2.24) is 40.9 Å². The fraction of sp³-hybridized carbons (Fsp3) is 0.582. The molecule has 14 nitrogen and oxygen atoms in total. The van der Waals surface area contributed by atoms with Gasteiger partial charge in [-0.1, -0.05) is 97.3 Å². The first kappa shape index (κ1) is 67.3. The molecule has 0 aliphatic carbocycles. The lowest BCUT2D eigenvalue weighted by Gasteiger charge is -2.29. The average molecular weight is 1150 g/mol. The number of hydrogen-bond donors (Lipinski definition) is 4. The number of ether oxygens (including phenoxy) is 2. The molecule has 82 heavy (non-hydrogen) atoms. The lowest BCUT2D eigenvalue weighted by molar-refractivity contribution is 0.0906. The van der Waals surface area contributed by atoms with Crippen molar-refractivity contribution in [3.05, 3.63) is 128 Å². The Morgan fingerprint density at radius 3 is 1.34 bits per heavy atom. The van der Waals surface area contributed by atoms with Gasteiger partial charge in [-0.25, -0.2) is 0 Å². The van der Waals surface area contributed by atoms with Crippen LogP contribution in [0.2, 0.25) is 5.02 Å². The highest BCUT2D eigenvalue weighted by Crippen LogP contribution is 2.29. The number of piperidine rings is 3. The summed E-state index contributed by atoms with van der Waals surface area (Å²) in [5, 5.41) is 12.9. The SMILES string of the molecule is CC(C)c1ccc(C(=O)NC2CCN(C)CC2)c(Cl)c1.COc1cc(C(=O)NCCN2CCCC2)ccc1C(C)C.COc1cc(C(C)C)ccc1C(=O)NC1CCN(C)CC1.Cc1cc(C(C)C)ccc1C(=O)NC1CCN(C)CC1. The molecule has 4 aromatic rings. The van der Waals surface area contributed by atoms with E-state index in [4.69, 9.17) is 21.1 Å². The zero-order chi connectivity index (χ0) is 60.0. The van der Waals surface area contributed by atoms with Crippen LogP contribution < -0.4 is 30.7 Å². The summed E-state index contributed by atoms with van der Waals surface area (Å²) in [5.41, 5.74) is 8.52. The number of nitrogens with zero attached hydrogens (tertiary/aromatic N) is 4. The molecule has 15 heteroatoms. The van der Waals surface area contributed by atoms with E-state index in [0.717, 1.165) is 125 Å². The van der Waals surface area contributed by atoms with Gasteiger partial charge in [0.1, 0.15) is 11.5 Å². The Bertz CT molecular complexity index is 2560. The number of amides is 4. The Hall–Kier alpha value is -5.51. The van der Waals surface area contributed by atoms with Crippen LogP contribution in [0.15, 0.2) is 72.8 Å². The van der Waals surface area contributed by atoms with Gasteiger partial charge in [-0.05, 0) is 226 Å². The number of rotatable bonds is 16. The second-order valence-corrected chi connectivity index (χ2v) is 24.7. The second kappa shape index (κ2) is 33.7. The minimum atomic E-state index is -0.0557. The van der Waals surface area contributed by atoms with Crippen LogP contribution in [0.3, 0.4) is 0 Å². The second-order valence-electron chi connectivity index (χ2n) is 24.3. The molecular weight excluding hydrogens is 1050 g/mol. The number of halogens is 1. The lowest BCUT2D eigenvalue weighted by atomic mass is 9.97. The molecule has 452 valence electrons. The van der Waals surface area contributed by atoms with Gasteiger partial charge in [-0.15, -0.1) is 0 Å². The summed E-state index contributed by atoms with van der Waals surface area (Å²) in [6, 6.07) is 24.3. The van der Waals surface area contributed by atoms with Crippen LogP contribution in [0.1, 0.15) is 200 Å². The molecule has 0 saturated carbocycles. The summed E-state index contributed by atoms with van der Waals surface area (Å²) < 4.78 is 10.8. The predicted octanol–water partition coefficient (Wildman–Crippen LogP) is 11.5. The Labute approximate surface area is 498 Å². The molecule has 4 amide bonds. The molecule has 0 spiro atoms. The van der Waals surface area contributed by atoms with Crippen molar-refractivity contribution in [3.8, 4) is 11.5 Å². The average Bonchev–Trinajstić information content (AvgIpc) is 4.03. The molecule has 4 aliphatic rings. The molecule has 4 aliphatic heterocycles. The highest BCUT2D eigenvalue weighted by Gasteiger charge is 2.24. The van der Waals surface area contributed by atoms with Crippen LogP contribution in [-0.4, -0.2) is 162 Å². The van der Waals surface area contributed by atoms with Crippen molar-refractivity contribution in [3.63, 3.8) is 0 Å². The molecule has 4 fully saturated rings. The summed E-state index contributed by atoms with van der Waals surface area (Å²) >= 11 is 6.24. The van der Waals surface area contributed by atoms with Crippen LogP contribution in [0.4, 0.5) is 0 Å². The van der Waals surface area contributed by atoms with E-state index in [1.54, 1.807) is 14.2 Å². The van der Waals surface area contributed by atoms with E-state index in [9.17, 15) is 19.2 Å². The minimum Gasteiger partial charge on any atom is -0.496 e. The first-order chi connectivity index (χ1) is 39.1. The van der Waals surface area contributed by atoms with Crippen molar-refractivity contribution in [2.24, 2.45) is 0 Å². The van der Waals surface area contributed by atoms with Gasteiger partial charge < -0.3 is 50.3 Å². The monoisotopic (exact) mass is 1150 g/mol. The number of nitrogens with one attached hydrogen (secondary N) is 4. The van der Waals surface area contributed by atoms with Crippen molar-refractivity contribution in [2.45, 2.75) is 155 Å². The molecule has 0 bridgehead atoms. The van der Waals surface area contributed by atoms with Crippen molar-refractivity contribution < 1.29 is 28.7 Å². The number of hydrogen-bond acceptors (Lipinski definition) is 10. The summed E-state index contributed by atoms with van der Waals surface area (Å²) in [7, 11) is 9.63. The first-order valence-corrected chi connectivity index (χ1v) is 30.7. The number of carbonyl (C=O) groups excluding carboxylic acids is 4. The van der Waals surface area contributed by atoms with Crippen LogP contribution in [-0.2, 0) is 0 Å². The summed E-state index contributed by atoms with van der Waals surface area (Å²) in [6.07, 6.45) is 8.68. The normalized spacial score (nSPS) is 16.8. The van der Waals surface area contributed by atoms with E-state index >= 15 is 0 Å². The van der Waals surface area contributed by atoms with Crippen molar-refractivity contribution in [2.75, 3.05) is 101 Å². The third kappa shape index (κ3) is 21.3. The molecule has 0 radical (unpaired) electrons. The smallest absolute Gasteiger partial charge is 0.255 e. The van der Waals surface area contributed by atoms with Gasteiger partial charge in [0.25, 0.3) is 23.6 Å². The molecule has 0 aromatic heterocycles. The maximum absolute atomic E-state index is 12.5. The van der Waals surface area contributed by atoms with Crippen molar-refractivity contribution in [1.29, 1.82) is 0 Å². The molecular formula is C67H101ClN8O6. The summed E-state index contributed by atoms with van der Waals surface area (Å²) in [4.78, 5) is 58.6. The summed E-state index contributed by atoms with van der Waals surface area (Å²) in [6.45, 7) is 29.3. The van der Waals surface area contributed by atoms with Crippen LogP contribution in [0.5, 0.6) is 11.5 Å². The summed E-state index contributed by atoms with van der Waals surface area (Å²) in [5.74, 6) is 3.13. The maximum Gasteiger partial charge on any atom is 0.255 e. The Morgan fingerprint density at radius 1 is 0.500 bits per heavy atom. The molecule has 4 N–H and O–H groups in total. The topological polar surface area (TPSA) is 148 Å². The highest BCUT2D eigenvalue weighted by molar-refractivity contribution is 6.34. The molecule has 4 aromatic carbocycles. The van der Waals surface area contributed by atoms with Gasteiger partial charge in [0.2, 0.25) is 0 Å². The molecule has 8 rings (SSSR count). The largest absolute Gasteiger partial charge is 0.496 e. The maximum atomic E-state index is 12.5. The van der Waals surface area contributed by atoms with Crippen LogP contribution in [0.25, 0.3) is 0 Å². The minimum absolute atomic E-state index is 0.0252. The number of methoxy groups -OCH3 is 2. The van der Waals surface area contributed by atoms with E-state index in [1.165, 1.54) is 24.0 Å². The van der Waals surface area contributed by atoms with Gasteiger partial charge >= 0.3 is 0 Å². The van der Waals surface area contributed by atoms with E-state index < -0.39 is 0 Å². The number of aryl methyl sites for hydroxylation is 1. The predicted molar refractivity (Wildman–Crippen MR) is 337 cm³/mol. The zero-order valence-electron chi connectivity index (χ0n) is 52.3. The third-order valence-electron chi connectivity index (χ3n) is 16.4. The highest BCUT2D eigenvalue weighted by atomic mass is 35.5. The lowest BCUT2D eigenvalue weighted by Crippen LogP contribution is -2.43. The van der Waals surface area contributed by atoms with Gasteiger partial charge in [0.15, 0.2) is 0 Å². The molecule has 0 atom stereocenters. The van der Waals surface area contributed by atoms with Gasteiger partial charge in [-0.3, -0.25) is 19.2 Å². The number of carbonyl (C=O) groups is 4. The number of benzene rings is 4. The quantitative estimate of drug-likeness (QED) is 0.0855. The van der Waals surface area contributed by atoms with E-state index in [1.807, 2.05) is 67.6 Å². The Kier molecular flexibility index (Phi) is 27.7. The van der Waals surface area contributed by atoms with Gasteiger partial charge in [-0.2, -0.15) is 0 Å². The third-order valence-corrected chi connectivity index (χ3v) is 16.7. The fourth-order valence-electron chi connectivity index (χ4n) is 10.6. The van der Waals surface area contributed by atoms with Crippen LogP contribution in [0, 0.1) is 6.92 Å². The van der Waals surface area contributed by atoms with Gasteiger partial charge in [0, 0.05) is 42.3 Å². The first-order valence-electron chi connectivity index (χ1n) is 30.3. The van der Waals surface area contributed by atoms with Crippen LogP contribution >= 0.6 is 11.6 Å². The van der Waals surface area contributed by atoms with Gasteiger partial charge in [0.05, 0.1) is 30.4 Å². The number of likely N-dealkylation sites (tertiary alicyclic amines) is 4. The van der Waals surface area contributed by atoms with E-state index in [0.29, 0.717) is 63.7 Å². The standard InChI is InChI=1S/2C17H26N2O2.C17H26N2O.C16H23ClN2O/c1-12(2)13-5-6-15(16(11-13)21-4)17(20)18-14-7-9-19(3)10-8-14;1-13(2)15-7-6-14(12-16(15)21-3)17(20)18-8-11-19-9-4-5-10-19;1-12(2)14-5-6-16(13(3)11-14)17(20)18-15-7-9-19(4)10-8-15;1-11(2)12-4-5-14(15(17)10-12)16(20)18-13-6-8-19(3)9-7-13/h5-6,11-12,14H,7-10H2,1-4H3,(H,18,20);6-7,12-13H,4-5,8-11H2,1-3H3,(H,18,20);5-6,11-12,15H,7-10H2,1-4H3,(H,18,20);4-5,10-11,13H,6-9H2,1-3H3,(H,18,20). The molecule has 4 heterocycles. The Morgan fingerprint density at radius 2 is 0.915 bits per heavy atom. The Balaban J connectivity index is 0.000000200. The van der Waals surface area contributed by atoms with Crippen molar-refractivity contribution >= 4 is 35.2 Å². The van der Waals surface area contributed by atoms with E-state index in [-0.39, 0.29) is 35.7 Å². The molecule has 4 saturated heterocycles. The zero-order valence-corrected chi connectivity index (χ0v) is 53.1. The van der Waals surface area contributed by atoms with E-state index in [2.05, 4.69) is 130 Å². The fourth-order valence-corrected chi connectivity index (χ4v) is 10.9.